The van der Waals surface area contributed by atoms with Gasteiger partial charge in [0.2, 0.25) is 11.8 Å². The summed E-state index contributed by atoms with van der Waals surface area (Å²) in [6, 6.07) is 9.26. The van der Waals surface area contributed by atoms with Crippen molar-refractivity contribution in [3.8, 4) is 0 Å². The molecule has 112 valence electrons. The van der Waals surface area contributed by atoms with E-state index in [1.54, 1.807) is 0 Å². The number of rotatable bonds is 4. The zero-order valence-corrected chi connectivity index (χ0v) is 12.1. The predicted octanol–water partition coefficient (Wildman–Crippen LogP) is 1.91. The molecule has 3 rings (SSSR count). The summed E-state index contributed by atoms with van der Waals surface area (Å²) in [6.45, 7) is -0.178. The fraction of sp³-hybridized carbons (Fsp3) is 0.529. The Kier molecular flexibility index (Phi) is 3.81. The molecule has 0 bridgehead atoms. The van der Waals surface area contributed by atoms with Crippen LogP contribution in [0.2, 0.25) is 0 Å². The van der Waals surface area contributed by atoms with E-state index in [1.165, 1.54) is 4.90 Å². The van der Waals surface area contributed by atoms with E-state index in [1.807, 2.05) is 30.3 Å². The van der Waals surface area contributed by atoms with Crippen molar-refractivity contribution in [2.45, 2.75) is 44.6 Å². The van der Waals surface area contributed by atoms with Crippen molar-refractivity contribution in [3.05, 3.63) is 35.9 Å². The van der Waals surface area contributed by atoms with Gasteiger partial charge in [0.15, 0.2) is 0 Å². The van der Waals surface area contributed by atoms with Crippen LogP contribution in [-0.4, -0.2) is 34.5 Å². The number of benzene rings is 1. The first kappa shape index (κ1) is 14.3. The van der Waals surface area contributed by atoms with Gasteiger partial charge in [-0.05, 0) is 24.8 Å². The van der Waals surface area contributed by atoms with Gasteiger partial charge in [-0.2, -0.15) is 0 Å². The van der Waals surface area contributed by atoms with Gasteiger partial charge in [-0.3, -0.25) is 14.5 Å². The first-order valence-corrected chi connectivity index (χ1v) is 7.67. The quantitative estimate of drug-likeness (QED) is 0.861. The lowest BCUT2D eigenvalue weighted by molar-refractivity contribution is -0.145. The van der Waals surface area contributed by atoms with Crippen molar-refractivity contribution in [1.82, 2.24) is 4.90 Å². The molecule has 0 unspecified atom stereocenters. The number of amides is 2. The number of carbonyl (C=O) groups excluding carboxylic acids is 2. The number of likely N-dealkylation sites (tertiary alicyclic amines) is 1. The van der Waals surface area contributed by atoms with Crippen LogP contribution in [0.25, 0.3) is 0 Å². The average Bonchev–Trinajstić information content (AvgIpc) is 3.05. The third-order valence-electron chi connectivity index (χ3n) is 4.88. The molecule has 1 aromatic rings. The number of hydrogen-bond donors (Lipinski definition) is 1. The fourth-order valence-electron chi connectivity index (χ4n) is 3.75. The van der Waals surface area contributed by atoms with Crippen LogP contribution in [0.1, 0.15) is 37.7 Å². The van der Waals surface area contributed by atoms with Gasteiger partial charge in [0.25, 0.3) is 0 Å². The van der Waals surface area contributed by atoms with E-state index in [9.17, 15) is 14.7 Å². The average molecular weight is 287 g/mol. The van der Waals surface area contributed by atoms with Crippen LogP contribution in [0.15, 0.2) is 30.3 Å². The summed E-state index contributed by atoms with van der Waals surface area (Å²) in [5, 5.41) is 9.67. The molecule has 4 nitrogen and oxygen atoms in total. The van der Waals surface area contributed by atoms with E-state index in [0.29, 0.717) is 12.8 Å². The smallest absolute Gasteiger partial charge is 0.236 e. The van der Waals surface area contributed by atoms with Gasteiger partial charge in [-0.25, -0.2) is 0 Å². The van der Waals surface area contributed by atoms with Crippen LogP contribution in [0, 0.1) is 5.41 Å². The maximum atomic E-state index is 12.7. The lowest BCUT2D eigenvalue weighted by Crippen LogP contribution is -2.45. The Morgan fingerprint density at radius 2 is 1.81 bits per heavy atom. The zero-order valence-electron chi connectivity index (χ0n) is 12.1. The summed E-state index contributed by atoms with van der Waals surface area (Å²) in [7, 11) is 0. The highest BCUT2D eigenvalue weighted by atomic mass is 16.3. The summed E-state index contributed by atoms with van der Waals surface area (Å²) >= 11 is 0. The minimum Gasteiger partial charge on any atom is -0.394 e. The van der Waals surface area contributed by atoms with Crippen LogP contribution >= 0.6 is 0 Å². The second-order valence-corrected chi connectivity index (χ2v) is 6.26. The SMILES string of the molecule is O=C1CC2(CCCC2)C(=O)N1[C@@H](CO)Cc1ccccc1. The molecular weight excluding hydrogens is 266 g/mol. The molecule has 21 heavy (non-hydrogen) atoms. The number of nitrogens with zero attached hydrogens (tertiary/aromatic N) is 1. The van der Waals surface area contributed by atoms with E-state index >= 15 is 0 Å². The van der Waals surface area contributed by atoms with E-state index in [-0.39, 0.29) is 18.4 Å². The van der Waals surface area contributed by atoms with E-state index in [4.69, 9.17) is 0 Å². The summed E-state index contributed by atoms with van der Waals surface area (Å²) in [5.74, 6) is -0.170. The number of imide groups is 1. The molecule has 0 aromatic heterocycles. The van der Waals surface area contributed by atoms with Gasteiger partial charge >= 0.3 is 0 Å². The lowest BCUT2D eigenvalue weighted by Gasteiger charge is -2.27. The minimum atomic E-state index is -0.457. The van der Waals surface area contributed by atoms with Crippen molar-refractivity contribution < 1.29 is 14.7 Å². The van der Waals surface area contributed by atoms with E-state index in [0.717, 1.165) is 31.2 Å². The van der Waals surface area contributed by atoms with Crippen LogP contribution in [0.5, 0.6) is 0 Å². The molecule has 4 heteroatoms. The fourth-order valence-corrected chi connectivity index (χ4v) is 3.75. The Labute approximate surface area is 124 Å². The van der Waals surface area contributed by atoms with Gasteiger partial charge in [0.1, 0.15) is 0 Å². The number of hydrogen-bond acceptors (Lipinski definition) is 3. The molecule has 1 saturated carbocycles. The van der Waals surface area contributed by atoms with Crippen LogP contribution < -0.4 is 0 Å². The van der Waals surface area contributed by atoms with Gasteiger partial charge < -0.3 is 5.11 Å². The van der Waals surface area contributed by atoms with Crippen molar-refractivity contribution in [2.24, 2.45) is 5.41 Å². The normalized spacial score (nSPS) is 22.2. The molecule has 1 saturated heterocycles. The third kappa shape index (κ3) is 2.48. The lowest BCUT2D eigenvalue weighted by atomic mass is 9.84. The Morgan fingerprint density at radius 1 is 1.14 bits per heavy atom. The topological polar surface area (TPSA) is 57.6 Å². The molecule has 2 amide bonds. The molecule has 0 radical (unpaired) electrons. The summed E-state index contributed by atoms with van der Waals surface area (Å²) in [5.41, 5.74) is 0.575. The van der Waals surface area contributed by atoms with Gasteiger partial charge in [-0.1, -0.05) is 43.2 Å². The first-order chi connectivity index (χ1) is 10.2. The van der Waals surface area contributed by atoms with Crippen LogP contribution in [0.4, 0.5) is 0 Å². The van der Waals surface area contributed by atoms with Crippen molar-refractivity contribution in [3.63, 3.8) is 0 Å². The maximum absolute atomic E-state index is 12.7. The Bertz CT molecular complexity index is 534. The second kappa shape index (κ2) is 5.60. The highest BCUT2D eigenvalue weighted by Gasteiger charge is 2.54. The zero-order chi connectivity index (χ0) is 14.9. The Morgan fingerprint density at radius 3 is 2.43 bits per heavy atom. The van der Waals surface area contributed by atoms with Crippen molar-refractivity contribution in [2.75, 3.05) is 6.61 Å². The molecule has 1 aliphatic carbocycles. The van der Waals surface area contributed by atoms with Crippen molar-refractivity contribution in [1.29, 1.82) is 0 Å². The number of aliphatic hydroxyl groups is 1. The van der Waals surface area contributed by atoms with E-state index < -0.39 is 11.5 Å². The standard InChI is InChI=1S/C17H21NO3/c19-12-14(10-13-6-2-1-3-7-13)18-15(20)11-17(16(18)21)8-4-5-9-17/h1-3,6-7,14,19H,4-5,8-12H2/t14-/m1/s1. The van der Waals surface area contributed by atoms with E-state index in [2.05, 4.69) is 0 Å². The van der Waals surface area contributed by atoms with Crippen LogP contribution in [0.3, 0.4) is 0 Å². The predicted molar refractivity (Wildman–Crippen MR) is 78.4 cm³/mol. The molecule has 1 aliphatic heterocycles. The maximum Gasteiger partial charge on any atom is 0.236 e. The highest BCUT2D eigenvalue weighted by molar-refractivity contribution is 6.06. The second-order valence-electron chi connectivity index (χ2n) is 6.26. The number of aliphatic hydroxyl groups excluding tert-OH is 1. The molecule has 1 atom stereocenters. The molecular formula is C17H21NO3. The van der Waals surface area contributed by atoms with Gasteiger partial charge in [0.05, 0.1) is 18.1 Å². The molecule has 1 N–H and O–H groups in total. The molecule has 1 aromatic carbocycles. The molecule has 2 fully saturated rings. The van der Waals surface area contributed by atoms with Crippen molar-refractivity contribution >= 4 is 11.8 Å². The highest BCUT2D eigenvalue weighted by Crippen LogP contribution is 2.47. The number of carbonyl (C=O) groups is 2. The first-order valence-electron chi connectivity index (χ1n) is 7.67. The molecule has 2 aliphatic rings. The monoisotopic (exact) mass is 287 g/mol. The summed E-state index contributed by atoms with van der Waals surface area (Å²) in [4.78, 5) is 26.4. The molecule has 1 spiro atoms. The minimum absolute atomic E-state index is 0.0556. The third-order valence-corrected chi connectivity index (χ3v) is 4.88. The van der Waals surface area contributed by atoms with Gasteiger partial charge in [-0.15, -0.1) is 0 Å². The largest absolute Gasteiger partial charge is 0.394 e. The summed E-state index contributed by atoms with van der Waals surface area (Å²) in [6.07, 6.45) is 4.53. The summed E-state index contributed by atoms with van der Waals surface area (Å²) < 4.78 is 0. The molecule has 1 heterocycles. The van der Waals surface area contributed by atoms with Crippen LogP contribution in [-0.2, 0) is 16.0 Å². The Balaban J connectivity index is 1.80. The van der Waals surface area contributed by atoms with Gasteiger partial charge in [0, 0.05) is 6.42 Å². The Hall–Kier alpha value is -1.68.